The highest BCUT2D eigenvalue weighted by Crippen LogP contribution is 2.39. The molecule has 2 fully saturated rings. The molecular formula is C25H32FN3O3. The molecule has 1 spiro atoms. The summed E-state index contributed by atoms with van der Waals surface area (Å²) in [6, 6.07) is 14.6. The third kappa shape index (κ3) is 4.74. The van der Waals surface area contributed by atoms with Crippen molar-refractivity contribution < 1.29 is 18.7 Å². The van der Waals surface area contributed by atoms with Gasteiger partial charge in [0.2, 0.25) is 0 Å². The molecule has 0 unspecified atom stereocenters. The molecule has 0 saturated carbocycles. The third-order valence-electron chi connectivity index (χ3n) is 6.50. The van der Waals surface area contributed by atoms with E-state index in [4.69, 9.17) is 9.47 Å². The molecule has 2 aromatic carbocycles. The fourth-order valence-corrected chi connectivity index (χ4v) is 5.02. The number of urea groups is 1. The van der Waals surface area contributed by atoms with Crippen LogP contribution in [0.2, 0.25) is 0 Å². The number of anilines is 1. The highest BCUT2D eigenvalue weighted by molar-refractivity contribution is 5.96. The summed E-state index contributed by atoms with van der Waals surface area (Å²) in [6.45, 7) is 6.99. The van der Waals surface area contributed by atoms with Crippen molar-refractivity contribution in [3.05, 3.63) is 59.9 Å². The predicted molar refractivity (Wildman–Crippen MR) is 123 cm³/mol. The maximum atomic E-state index is 13.9. The SMILES string of the molecule is COC[C@@H](C)Oc1cccc(CN2CC[C@]3(CNC(=O)N3c3cccc(F)c3)C[C@@H]2C)c1. The normalized spacial score (nSPS) is 24.6. The maximum absolute atomic E-state index is 13.9. The second-order valence-corrected chi connectivity index (χ2v) is 9.00. The number of methoxy groups -OCH3 is 1. The molecule has 0 aliphatic carbocycles. The number of hydrogen-bond acceptors (Lipinski definition) is 4. The highest BCUT2D eigenvalue weighted by atomic mass is 19.1. The molecule has 32 heavy (non-hydrogen) atoms. The first kappa shape index (κ1) is 22.6. The molecule has 2 aliphatic heterocycles. The number of rotatable bonds is 7. The van der Waals surface area contributed by atoms with Crippen LogP contribution in [-0.4, -0.2) is 55.4 Å². The lowest BCUT2D eigenvalue weighted by atomic mass is 9.82. The molecule has 2 aliphatic rings. The summed E-state index contributed by atoms with van der Waals surface area (Å²) < 4.78 is 25.0. The summed E-state index contributed by atoms with van der Waals surface area (Å²) in [5.41, 5.74) is 1.48. The van der Waals surface area contributed by atoms with Crippen molar-refractivity contribution in [2.75, 3.05) is 31.7 Å². The molecular weight excluding hydrogens is 409 g/mol. The molecule has 6 nitrogen and oxygen atoms in total. The number of carbonyl (C=O) groups is 1. The number of carbonyl (C=O) groups excluding carboxylic acids is 1. The Morgan fingerprint density at radius 3 is 2.81 bits per heavy atom. The van der Waals surface area contributed by atoms with Crippen LogP contribution in [0.25, 0.3) is 0 Å². The Kier molecular flexibility index (Phi) is 6.67. The lowest BCUT2D eigenvalue weighted by Gasteiger charge is -2.47. The van der Waals surface area contributed by atoms with E-state index in [1.54, 1.807) is 18.1 Å². The molecule has 2 amide bonds. The summed E-state index contributed by atoms with van der Waals surface area (Å²) in [6.07, 6.45) is 1.64. The van der Waals surface area contributed by atoms with E-state index >= 15 is 0 Å². The molecule has 3 atom stereocenters. The molecule has 4 rings (SSSR count). The third-order valence-corrected chi connectivity index (χ3v) is 6.50. The standard InChI is InChI=1S/C25H32FN3O3/c1-18-14-25(17-27-24(30)29(25)22-8-5-7-21(26)13-22)10-11-28(18)15-20-6-4-9-23(12-20)32-19(2)16-31-3/h4-9,12-13,18-19H,10-11,14-17H2,1-3H3,(H,27,30)/t18-,19+,25+/m0/s1. The van der Waals surface area contributed by atoms with Crippen LogP contribution in [0.1, 0.15) is 32.3 Å². The zero-order valence-electron chi connectivity index (χ0n) is 19.0. The van der Waals surface area contributed by atoms with Gasteiger partial charge in [0, 0.05) is 38.5 Å². The second-order valence-electron chi connectivity index (χ2n) is 9.00. The van der Waals surface area contributed by atoms with E-state index in [9.17, 15) is 9.18 Å². The van der Waals surface area contributed by atoms with E-state index in [1.165, 1.54) is 17.7 Å². The van der Waals surface area contributed by atoms with Crippen molar-refractivity contribution in [2.45, 2.75) is 50.9 Å². The topological polar surface area (TPSA) is 54.0 Å². The number of nitrogens with zero attached hydrogens (tertiary/aromatic N) is 2. The summed E-state index contributed by atoms with van der Waals surface area (Å²) in [7, 11) is 1.67. The molecule has 2 aromatic rings. The van der Waals surface area contributed by atoms with Gasteiger partial charge in [0.1, 0.15) is 17.7 Å². The average molecular weight is 442 g/mol. The number of piperidine rings is 1. The number of likely N-dealkylation sites (tertiary alicyclic amines) is 1. The van der Waals surface area contributed by atoms with Gasteiger partial charge in [-0.25, -0.2) is 9.18 Å². The Morgan fingerprint density at radius 2 is 2.06 bits per heavy atom. The van der Waals surface area contributed by atoms with Gasteiger partial charge in [-0.3, -0.25) is 9.80 Å². The molecule has 0 bridgehead atoms. The smallest absolute Gasteiger partial charge is 0.322 e. The number of benzene rings is 2. The minimum Gasteiger partial charge on any atom is -0.488 e. The van der Waals surface area contributed by atoms with Gasteiger partial charge in [-0.15, -0.1) is 0 Å². The zero-order chi connectivity index (χ0) is 22.7. The Bertz CT molecular complexity index is 956. The summed E-state index contributed by atoms with van der Waals surface area (Å²) in [5.74, 6) is 0.515. The van der Waals surface area contributed by atoms with Gasteiger partial charge in [-0.1, -0.05) is 18.2 Å². The van der Waals surface area contributed by atoms with Crippen molar-refractivity contribution in [1.29, 1.82) is 0 Å². The number of amides is 2. The molecule has 0 radical (unpaired) electrons. The first-order chi connectivity index (χ1) is 15.4. The Morgan fingerprint density at radius 1 is 1.25 bits per heavy atom. The van der Waals surface area contributed by atoms with Crippen LogP contribution in [-0.2, 0) is 11.3 Å². The predicted octanol–water partition coefficient (Wildman–Crippen LogP) is 4.19. The van der Waals surface area contributed by atoms with E-state index in [-0.39, 0.29) is 29.5 Å². The Balaban J connectivity index is 1.45. The molecule has 0 aromatic heterocycles. The highest BCUT2D eigenvalue weighted by Gasteiger charge is 2.49. The Labute approximate surface area is 189 Å². The first-order valence-corrected chi connectivity index (χ1v) is 11.2. The van der Waals surface area contributed by atoms with Crippen molar-refractivity contribution in [3.63, 3.8) is 0 Å². The van der Waals surface area contributed by atoms with Crippen LogP contribution >= 0.6 is 0 Å². The van der Waals surface area contributed by atoms with Crippen molar-refractivity contribution >= 4 is 11.7 Å². The van der Waals surface area contributed by atoms with E-state index < -0.39 is 0 Å². The molecule has 2 saturated heterocycles. The fraction of sp³-hybridized carbons (Fsp3) is 0.480. The molecule has 1 N–H and O–H groups in total. The fourth-order valence-electron chi connectivity index (χ4n) is 5.02. The molecule has 2 heterocycles. The first-order valence-electron chi connectivity index (χ1n) is 11.2. The van der Waals surface area contributed by atoms with Crippen LogP contribution in [0.4, 0.5) is 14.9 Å². The molecule has 7 heteroatoms. The number of ether oxygens (including phenoxy) is 2. The van der Waals surface area contributed by atoms with Crippen LogP contribution in [0.3, 0.4) is 0 Å². The van der Waals surface area contributed by atoms with E-state index in [1.807, 2.05) is 25.1 Å². The molecule has 172 valence electrons. The van der Waals surface area contributed by atoms with Gasteiger partial charge in [0.15, 0.2) is 0 Å². The lowest BCUT2D eigenvalue weighted by molar-refractivity contribution is 0.0914. The van der Waals surface area contributed by atoms with Gasteiger partial charge in [-0.2, -0.15) is 0 Å². The van der Waals surface area contributed by atoms with Crippen molar-refractivity contribution in [3.8, 4) is 5.75 Å². The van der Waals surface area contributed by atoms with Crippen LogP contribution in [0, 0.1) is 5.82 Å². The second kappa shape index (κ2) is 9.46. The number of halogens is 1. The van der Waals surface area contributed by atoms with Crippen molar-refractivity contribution in [2.24, 2.45) is 0 Å². The Hall–Kier alpha value is -2.64. The average Bonchev–Trinajstić information content (AvgIpc) is 3.06. The van der Waals surface area contributed by atoms with Gasteiger partial charge in [0.05, 0.1) is 12.1 Å². The largest absolute Gasteiger partial charge is 0.488 e. The minimum atomic E-state index is -0.332. The minimum absolute atomic E-state index is 0.00905. The number of hydrogen-bond donors (Lipinski definition) is 1. The quantitative estimate of drug-likeness (QED) is 0.700. The summed E-state index contributed by atoms with van der Waals surface area (Å²) >= 11 is 0. The van der Waals surface area contributed by atoms with E-state index in [2.05, 4.69) is 29.3 Å². The van der Waals surface area contributed by atoms with Crippen LogP contribution in [0.15, 0.2) is 48.5 Å². The summed E-state index contributed by atoms with van der Waals surface area (Å²) in [4.78, 5) is 16.9. The van der Waals surface area contributed by atoms with Gasteiger partial charge >= 0.3 is 6.03 Å². The summed E-state index contributed by atoms with van der Waals surface area (Å²) in [5, 5.41) is 2.99. The monoisotopic (exact) mass is 441 g/mol. The van der Waals surface area contributed by atoms with E-state index in [0.29, 0.717) is 18.8 Å². The van der Waals surface area contributed by atoms with Crippen molar-refractivity contribution in [1.82, 2.24) is 10.2 Å². The van der Waals surface area contributed by atoms with Gasteiger partial charge < -0.3 is 14.8 Å². The van der Waals surface area contributed by atoms with E-state index in [0.717, 1.165) is 31.7 Å². The van der Waals surface area contributed by atoms with Gasteiger partial charge in [-0.05, 0) is 62.6 Å². The lowest BCUT2D eigenvalue weighted by Crippen LogP contribution is -2.57. The number of nitrogens with one attached hydrogen (secondary N) is 1. The van der Waals surface area contributed by atoms with Gasteiger partial charge in [0.25, 0.3) is 0 Å². The maximum Gasteiger partial charge on any atom is 0.322 e. The van der Waals surface area contributed by atoms with Crippen LogP contribution < -0.4 is 15.0 Å². The van der Waals surface area contributed by atoms with Crippen LogP contribution in [0.5, 0.6) is 5.75 Å². The zero-order valence-corrected chi connectivity index (χ0v) is 19.0.